The van der Waals surface area contributed by atoms with E-state index in [0.717, 1.165) is 116 Å². The molecule has 16 heteroatoms. The van der Waals surface area contributed by atoms with Gasteiger partial charge in [0, 0.05) is 54.8 Å². The Labute approximate surface area is 428 Å². The average Bonchev–Trinajstić information content (AvgIpc) is 4.05. The Hall–Kier alpha value is -5.84. The molecule has 5 aromatic rings. The number of methoxy groups -OCH3 is 1. The summed E-state index contributed by atoms with van der Waals surface area (Å²) in [7, 11) is 1.52. The SMILES string of the molecule is COc1cc(C)[nH]c(=O)c1CNC(=O)c1c(C)n(CC2CCN(CCCCCCCCCC(=O)N[C@H](C(=O)N3C[C@H](O)C[C@H]3C(=O)NCc3ccc(-c4scnc4C)cc3)C(C)(C)C)CC2)c2ccccc12. The van der Waals surface area contributed by atoms with E-state index in [1.165, 1.54) is 18.4 Å². The fraction of sp³-hybridized carbons (Fsp3) is 0.536. The molecule has 0 aliphatic carbocycles. The highest BCUT2D eigenvalue weighted by atomic mass is 32.1. The number of aromatic amines is 1. The fourth-order valence-electron chi connectivity index (χ4n) is 10.4. The van der Waals surface area contributed by atoms with Crippen LogP contribution in [0.2, 0.25) is 0 Å². The number of piperidine rings is 1. The Morgan fingerprint density at radius 2 is 1.61 bits per heavy atom. The van der Waals surface area contributed by atoms with E-state index in [-0.39, 0.29) is 55.2 Å². The van der Waals surface area contributed by atoms with Gasteiger partial charge in [-0.25, -0.2) is 4.98 Å². The van der Waals surface area contributed by atoms with Crippen LogP contribution in [0.1, 0.15) is 130 Å². The van der Waals surface area contributed by atoms with Gasteiger partial charge >= 0.3 is 0 Å². The number of β-amino-alcohol motifs (C(OH)–C–C–N with tert-alkyl or cyclic N) is 1. The van der Waals surface area contributed by atoms with Crippen LogP contribution >= 0.6 is 11.3 Å². The van der Waals surface area contributed by atoms with Crippen molar-refractivity contribution in [2.45, 2.75) is 150 Å². The van der Waals surface area contributed by atoms with E-state index < -0.39 is 23.6 Å². The molecule has 15 nitrogen and oxygen atoms in total. The van der Waals surface area contributed by atoms with Crippen LogP contribution in [0.3, 0.4) is 0 Å². The predicted octanol–water partition coefficient (Wildman–Crippen LogP) is 7.96. The molecular formula is C56H76N8O7S. The summed E-state index contributed by atoms with van der Waals surface area (Å²) in [5.41, 5.74) is 7.62. The summed E-state index contributed by atoms with van der Waals surface area (Å²) in [6, 6.07) is 16.1. The number of aryl methyl sites for hydroxylation is 2. The number of aliphatic hydroxyl groups excluding tert-OH is 1. The number of benzene rings is 2. The first-order chi connectivity index (χ1) is 34.5. The zero-order valence-electron chi connectivity index (χ0n) is 43.4. The molecule has 0 saturated carbocycles. The van der Waals surface area contributed by atoms with E-state index in [1.54, 1.807) is 24.3 Å². The highest BCUT2D eigenvalue weighted by Gasteiger charge is 2.44. The zero-order valence-corrected chi connectivity index (χ0v) is 44.2. The molecule has 72 heavy (non-hydrogen) atoms. The number of unbranched alkanes of at least 4 members (excludes halogenated alkanes) is 6. The number of ether oxygens (including phenoxy) is 1. The Balaban J connectivity index is 0.777. The molecule has 3 aromatic heterocycles. The maximum Gasteiger partial charge on any atom is 0.256 e. The number of pyridine rings is 1. The second-order valence-corrected chi connectivity index (χ2v) is 21.9. The number of thiazole rings is 1. The number of H-pyrrole nitrogens is 1. The van der Waals surface area contributed by atoms with Crippen molar-refractivity contribution in [3.8, 4) is 16.2 Å². The molecule has 2 aliphatic rings. The van der Waals surface area contributed by atoms with Crippen LogP contribution in [-0.2, 0) is 34.0 Å². The smallest absolute Gasteiger partial charge is 0.256 e. The monoisotopic (exact) mass is 1000 g/mol. The summed E-state index contributed by atoms with van der Waals surface area (Å²) in [6.07, 6.45) is 9.19. The minimum absolute atomic E-state index is 0.0400. The largest absolute Gasteiger partial charge is 0.496 e. The maximum absolute atomic E-state index is 14.1. The summed E-state index contributed by atoms with van der Waals surface area (Å²) in [5, 5.41) is 20.5. The molecule has 0 unspecified atom stereocenters. The summed E-state index contributed by atoms with van der Waals surface area (Å²) in [4.78, 5) is 79.4. The topological polar surface area (TPSA) is 191 Å². The number of carbonyl (C=O) groups is 4. The third kappa shape index (κ3) is 13.6. The van der Waals surface area contributed by atoms with E-state index in [0.29, 0.717) is 34.9 Å². The number of nitrogens with one attached hydrogen (secondary N) is 4. The van der Waals surface area contributed by atoms with Crippen LogP contribution in [0, 0.1) is 32.1 Å². The number of hydrogen-bond acceptors (Lipinski definition) is 10. The number of likely N-dealkylation sites (tertiary alicyclic amines) is 2. The number of fused-ring (bicyclic) bond motifs is 1. The van der Waals surface area contributed by atoms with Gasteiger partial charge in [0.15, 0.2) is 0 Å². The lowest BCUT2D eigenvalue weighted by molar-refractivity contribution is -0.144. The number of amides is 4. The summed E-state index contributed by atoms with van der Waals surface area (Å²) in [6.45, 7) is 16.0. The molecule has 0 bridgehead atoms. The van der Waals surface area contributed by atoms with E-state index in [4.69, 9.17) is 4.74 Å². The second-order valence-electron chi connectivity index (χ2n) is 21.1. The first kappa shape index (κ1) is 53.9. The summed E-state index contributed by atoms with van der Waals surface area (Å²) >= 11 is 1.59. The van der Waals surface area contributed by atoms with Crippen molar-refractivity contribution in [2.24, 2.45) is 11.3 Å². The number of aliphatic hydroxyl groups is 1. The maximum atomic E-state index is 14.1. The number of aromatic nitrogens is 3. The highest BCUT2D eigenvalue weighted by molar-refractivity contribution is 7.13. The molecular weight excluding hydrogens is 929 g/mol. The van der Waals surface area contributed by atoms with Crippen LogP contribution in [0.5, 0.6) is 5.75 Å². The van der Waals surface area contributed by atoms with E-state index in [1.807, 2.05) is 82.6 Å². The van der Waals surface area contributed by atoms with Crippen molar-refractivity contribution >= 4 is 45.9 Å². The number of carbonyl (C=O) groups excluding carboxylic acids is 4. The molecule has 2 aromatic carbocycles. The molecule has 5 heterocycles. The van der Waals surface area contributed by atoms with Crippen LogP contribution in [0.25, 0.3) is 21.3 Å². The van der Waals surface area contributed by atoms with Gasteiger partial charge in [0.25, 0.3) is 11.5 Å². The number of rotatable bonds is 22. The Kier molecular flexibility index (Phi) is 18.5. The molecule has 4 amide bonds. The molecule has 2 aliphatic heterocycles. The van der Waals surface area contributed by atoms with Gasteiger partial charge in [0.2, 0.25) is 17.7 Å². The van der Waals surface area contributed by atoms with Crippen molar-refractivity contribution < 1.29 is 29.0 Å². The average molecular weight is 1010 g/mol. The predicted molar refractivity (Wildman–Crippen MR) is 284 cm³/mol. The van der Waals surface area contributed by atoms with Crippen molar-refractivity contribution in [2.75, 3.05) is 33.3 Å². The lowest BCUT2D eigenvalue weighted by Gasteiger charge is -2.35. The number of para-hydroxylation sites is 1. The standard InChI is InChI=1S/C56H76N8O7S/c1-36-29-47(71-7)44(52(67)60-36)32-58-54(69)49-38(3)63(45-18-15-14-17-43(45)49)33-40-24-27-62(28-25-40)26-16-12-10-8-9-11-13-19-48(66)61-51(56(4,5)6)55(70)64-34-42(65)30-46(64)53(68)57-31-39-20-22-41(23-21-39)50-37(2)59-35-72-50/h14-15,17-18,20-23,29,35,40,42,46,51,65H,8-13,16,19,24-28,30-34H2,1-7H3,(H,57,68)(H,58,69)(H,60,67)(H,61,66)/t42-,46+,51-/m1/s1. The van der Waals surface area contributed by atoms with Gasteiger partial charge in [-0.15, -0.1) is 11.3 Å². The minimum Gasteiger partial charge on any atom is -0.496 e. The van der Waals surface area contributed by atoms with Gasteiger partial charge in [-0.2, -0.15) is 0 Å². The Bertz CT molecular complexity index is 2710. The third-order valence-electron chi connectivity index (χ3n) is 14.6. The molecule has 388 valence electrons. The normalized spacial score (nSPS) is 17.0. The lowest BCUT2D eigenvalue weighted by Crippen LogP contribution is -2.57. The number of hydrogen-bond donors (Lipinski definition) is 5. The van der Waals surface area contributed by atoms with E-state index >= 15 is 0 Å². The fourth-order valence-corrected chi connectivity index (χ4v) is 11.2. The van der Waals surface area contributed by atoms with Gasteiger partial charge in [-0.3, -0.25) is 24.0 Å². The Morgan fingerprint density at radius 3 is 2.29 bits per heavy atom. The van der Waals surface area contributed by atoms with Crippen molar-refractivity contribution in [1.82, 2.24) is 40.3 Å². The van der Waals surface area contributed by atoms with Crippen molar-refractivity contribution in [3.63, 3.8) is 0 Å². The van der Waals surface area contributed by atoms with Gasteiger partial charge in [-0.05, 0) is 101 Å². The highest BCUT2D eigenvalue weighted by Crippen LogP contribution is 2.31. The molecule has 2 fully saturated rings. The van der Waals surface area contributed by atoms with Gasteiger partial charge in [0.05, 0.1) is 47.0 Å². The van der Waals surface area contributed by atoms with E-state index in [2.05, 4.69) is 41.5 Å². The zero-order chi connectivity index (χ0) is 51.5. The molecule has 7 rings (SSSR count). The molecule has 0 spiro atoms. The third-order valence-corrected chi connectivity index (χ3v) is 15.5. The second kappa shape index (κ2) is 24.7. The van der Waals surface area contributed by atoms with Gasteiger partial charge < -0.3 is 45.1 Å². The first-order valence-corrected chi connectivity index (χ1v) is 26.8. The van der Waals surface area contributed by atoms with Gasteiger partial charge in [0.1, 0.15) is 17.8 Å². The van der Waals surface area contributed by atoms with Crippen molar-refractivity contribution in [1.29, 1.82) is 0 Å². The van der Waals surface area contributed by atoms with Crippen LogP contribution in [-0.4, -0.2) is 105 Å². The lowest BCUT2D eigenvalue weighted by atomic mass is 9.85. The number of nitrogens with zero attached hydrogens (tertiary/aromatic N) is 4. The molecule has 3 atom stereocenters. The van der Waals surface area contributed by atoms with Crippen molar-refractivity contribution in [3.05, 3.63) is 104 Å². The van der Waals surface area contributed by atoms with Crippen LogP contribution in [0.15, 0.2) is 64.9 Å². The molecule has 5 N–H and O–H groups in total. The van der Waals surface area contributed by atoms with Gasteiger partial charge in [-0.1, -0.05) is 95.3 Å². The van der Waals surface area contributed by atoms with Crippen LogP contribution < -0.4 is 26.2 Å². The first-order valence-electron chi connectivity index (χ1n) is 25.9. The summed E-state index contributed by atoms with van der Waals surface area (Å²) < 4.78 is 7.74. The molecule has 0 radical (unpaired) electrons. The summed E-state index contributed by atoms with van der Waals surface area (Å²) in [5.74, 6) is -0.0969. The quantitative estimate of drug-likeness (QED) is 0.0429. The minimum atomic E-state index is -0.840. The van der Waals surface area contributed by atoms with Crippen LogP contribution in [0.4, 0.5) is 0 Å². The molecule has 2 saturated heterocycles. The van der Waals surface area contributed by atoms with E-state index in [9.17, 15) is 29.1 Å². The Morgan fingerprint density at radius 1 is 0.917 bits per heavy atom.